The molecule has 4 rings (SSSR count). The molecule has 0 aliphatic carbocycles. The number of likely N-dealkylation sites (tertiary alicyclic amines) is 1. The van der Waals surface area contributed by atoms with E-state index in [0.717, 1.165) is 56.8 Å². The number of nitrogens with zero attached hydrogens (tertiary/aromatic N) is 4. The van der Waals surface area contributed by atoms with Gasteiger partial charge in [0.15, 0.2) is 0 Å². The summed E-state index contributed by atoms with van der Waals surface area (Å²) in [6, 6.07) is 16.7. The van der Waals surface area contributed by atoms with Gasteiger partial charge < -0.3 is 14.2 Å². The number of hydrogen-bond acceptors (Lipinski definition) is 4. The molecule has 0 saturated carbocycles. The van der Waals surface area contributed by atoms with Crippen LogP contribution in [0.2, 0.25) is 0 Å². The molecular weight excluding hydrogens is 424 g/mol. The molecule has 0 bridgehead atoms. The van der Waals surface area contributed by atoms with Crippen LogP contribution in [0.4, 0.5) is 0 Å². The molecule has 1 amide bonds. The SMILES string of the molecule is Cc1ccc([C@@H](C)CCN2CCC([C@@H](Cc3ccccc3)N(C)C(=O)c3ccn(C)n3)CC2)o1. The van der Waals surface area contributed by atoms with Crippen molar-refractivity contribution in [3.05, 3.63) is 77.5 Å². The topological polar surface area (TPSA) is 54.5 Å². The summed E-state index contributed by atoms with van der Waals surface area (Å²) in [5.41, 5.74) is 1.79. The summed E-state index contributed by atoms with van der Waals surface area (Å²) in [4.78, 5) is 17.8. The molecule has 1 aromatic carbocycles. The Kier molecular flexibility index (Phi) is 7.88. The maximum absolute atomic E-state index is 13.2. The Labute approximate surface area is 203 Å². The number of piperidine rings is 1. The highest BCUT2D eigenvalue weighted by molar-refractivity contribution is 5.92. The van der Waals surface area contributed by atoms with Gasteiger partial charge in [-0.05, 0) is 81.9 Å². The first-order valence-corrected chi connectivity index (χ1v) is 12.5. The van der Waals surface area contributed by atoms with Crippen LogP contribution in [-0.4, -0.2) is 58.2 Å². The van der Waals surface area contributed by atoms with E-state index in [-0.39, 0.29) is 11.9 Å². The molecule has 2 aromatic heterocycles. The highest BCUT2D eigenvalue weighted by atomic mass is 16.3. The number of carbonyl (C=O) groups excluding carboxylic acids is 1. The van der Waals surface area contributed by atoms with Crippen molar-refractivity contribution in [2.45, 2.75) is 51.5 Å². The van der Waals surface area contributed by atoms with Gasteiger partial charge in [-0.3, -0.25) is 9.48 Å². The smallest absolute Gasteiger partial charge is 0.274 e. The second-order valence-corrected chi connectivity index (χ2v) is 9.86. The van der Waals surface area contributed by atoms with Crippen LogP contribution in [-0.2, 0) is 13.5 Å². The number of amides is 1. The van der Waals surface area contributed by atoms with Gasteiger partial charge in [-0.25, -0.2) is 0 Å². The summed E-state index contributed by atoms with van der Waals surface area (Å²) >= 11 is 0. The molecule has 0 N–H and O–H groups in total. The summed E-state index contributed by atoms with van der Waals surface area (Å²) in [5.74, 6) is 2.98. The molecule has 1 aliphatic heterocycles. The van der Waals surface area contributed by atoms with E-state index < -0.39 is 0 Å². The number of aromatic nitrogens is 2. The third-order valence-corrected chi connectivity index (χ3v) is 7.34. The molecule has 182 valence electrons. The van der Waals surface area contributed by atoms with Crippen LogP contribution in [0.5, 0.6) is 0 Å². The van der Waals surface area contributed by atoms with Crippen LogP contribution in [0.3, 0.4) is 0 Å². The van der Waals surface area contributed by atoms with Gasteiger partial charge in [0.05, 0.1) is 0 Å². The quantitative estimate of drug-likeness (QED) is 0.453. The third-order valence-electron chi connectivity index (χ3n) is 7.34. The Balaban J connectivity index is 1.38. The molecule has 1 saturated heterocycles. The molecule has 1 fully saturated rings. The average Bonchev–Trinajstić information content (AvgIpc) is 3.49. The third kappa shape index (κ3) is 5.98. The fraction of sp³-hybridized carbons (Fsp3) is 0.500. The van der Waals surface area contributed by atoms with Crippen molar-refractivity contribution in [2.75, 3.05) is 26.7 Å². The van der Waals surface area contributed by atoms with Gasteiger partial charge in [-0.2, -0.15) is 5.10 Å². The second kappa shape index (κ2) is 11.0. The zero-order chi connectivity index (χ0) is 24.1. The van der Waals surface area contributed by atoms with E-state index in [0.29, 0.717) is 17.5 Å². The molecule has 1 aliphatic rings. The summed E-state index contributed by atoms with van der Waals surface area (Å²) in [7, 11) is 3.80. The average molecular weight is 463 g/mol. The predicted molar refractivity (Wildman–Crippen MR) is 135 cm³/mol. The van der Waals surface area contributed by atoms with Gasteiger partial charge in [0.2, 0.25) is 0 Å². The number of benzene rings is 1. The molecule has 6 nitrogen and oxygen atoms in total. The van der Waals surface area contributed by atoms with Crippen molar-refractivity contribution in [1.29, 1.82) is 0 Å². The molecule has 0 radical (unpaired) electrons. The van der Waals surface area contributed by atoms with Crippen molar-refractivity contribution in [1.82, 2.24) is 19.6 Å². The van der Waals surface area contributed by atoms with Gasteiger partial charge in [-0.15, -0.1) is 0 Å². The second-order valence-electron chi connectivity index (χ2n) is 9.86. The van der Waals surface area contributed by atoms with Crippen LogP contribution in [0.25, 0.3) is 0 Å². The van der Waals surface area contributed by atoms with Gasteiger partial charge in [-0.1, -0.05) is 37.3 Å². The Morgan fingerprint density at radius 2 is 1.88 bits per heavy atom. The van der Waals surface area contributed by atoms with Crippen molar-refractivity contribution in [3.8, 4) is 0 Å². The van der Waals surface area contributed by atoms with E-state index >= 15 is 0 Å². The lowest BCUT2D eigenvalue weighted by Gasteiger charge is -2.40. The Bertz CT molecular complexity index is 1050. The summed E-state index contributed by atoms with van der Waals surface area (Å²) < 4.78 is 7.51. The monoisotopic (exact) mass is 462 g/mol. The number of rotatable bonds is 9. The largest absolute Gasteiger partial charge is 0.466 e. The lowest BCUT2D eigenvalue weighted by molar-refractivity contribution is 0.0582. The van der Waals surface area contributed by atoms with Crippen molar-refractivity contribution >= 4 is 5.91 Å². The summed E-state index contributed by atoms with van der Waals surface area (Å²) in [5, 5.41) is 4.36. The zero-order valence-corrected chi connectivity index (χ0v) is 21.0. The van der Waals surface area contributed by atoms with Crippen LogP contribution in [0, 0.1) is 12.8 Å². The van der Waals surface area contributed by atoms with Crippen LogP contribution < -0.4 is 0 Å². The number of furan rings is 1. The molecule has 0 unspecified atom stereocenters. The number of aryl methyl sites for hydroxylation is 2. The lowest BCUT2D eigenvalue weighted by atomic mass is 9.84. The van der Waals surface area contributed by atoms with Crippen LogP contribution in [0.1, 0.15) is 59.7 Å². The Hall–Kier alpha value is -2.86. The fourth-order valence-corrected chi connectivity index (χ4v) is 5.13. The first-order valence-electron chi connectivity index (χ1n) is 12.5. The maximum Gasteiger partial charge on any atom is 0.274 e. The maximum atomic E-state index is 13.2. The minimum absolute atomic E-state index is 0.00604. The molecule has 3 heterocycles. The van der Waals surface area contributed by atoms with Gasteiger partial charge >= 0.3 is 0 Å². The van der Waals surface area contributed by atoms with Crippen LogP contribution >= 0.6 is 0 Å². The van der Waals surface area contributed by atoms with E-state index in [4.69, 9.17) is 4.42 Å². The normalized spacial score (nSPS) is 16.9. The highest BCUT2D eigenvalue weighted by Gasteiger charge is 2.32. The van der Waals surface area contributed by atoms with E-state index in [1.54, 1.807) is 4.68 Å². The molecular formula is C28H38N4O2. The van der Waals surface area contributed by atoms with E-state index in [1.165, 1.54) is 5.56 Å². The fourth-order valence-electron chi connectivity index (χ4n) is 5.13. The Morgan fingerprint density at radius 1 is 1.15 bits per heavy atom. The zero-order valence-electron chi connectivity index (χ0n) is 21.0. The lowest BCUT2D eigenvalue weighted by Crippen LogP contribution is -2.47. The van der Waals surface area contributed by atoms with E-state index in [9.17, 15) is 4.79 Å². The minimum Gasteiger partial charge on any atom is -0.466 e. The van der Waals surface area contributed by atoms with Gasteiger partial charge in [0.25, 0.3) is 5.91 Å². The first-order chi connectivity index (χ1) is 16.4. The molecule has 3 aromatic rings. The molecule has 0 spiro atoms. The van der Waals surface area contributed by atoms with Crippen molar-refractivity contribution in [3.63, 3.8) is 0 Å². The number of carbonyl (C=O) groups is 1. The molecule has 6 heteroatoms. The van der Waals surface area contributed by atoms with E-state index in [1.807, 2.05) is 50.3 Å². The van der Waals surface area contributed by atoms with Crippen LogP contribution in [0.15, 0.2) is 59.1 Å². The van der Waals surface area contributed by atoms with Gasteiger partial charge in [0, 0.05) is 32.3 Å². The number of hydrogen-bond donors (Lipinski definition) is 0. The highest BCUT2D eigenvalue weighted by Crippen LogP contribution is 2.28. The minimum atomic E-state index is 0.00604. The van der Waals surface area contributed by atoms with E-state index in [2.05, 4.69) is 47.3 Å². The van der Waals surface area contributed by atoms with Crippen molar-refractivity contribution in [2.24, 2.45) is 13.0 Å². The standard InChI is InChI=1S/C28H38N4O2/c1-21(27-11-10-22(2)34-27)12-17-32-18-13-24(14-19-32)26(20-23-8-6-5-7-9-23)31(4)28(33)25-15-16-30(3)29-25/h5-11,15-16,21,24,26H,12-14,17-20H2,1-4H3/t21-,26+/m0/s1. The Morgan fingerprint density at radius 3 is 2.50 bits per heavy atom. The predicted octanol–water partition coefficient (Wildman–Crippen LogP) is 4.91. The molecule has 2 atom stereocenters. The summed E-state index contributed by atoms with van der Waals surface area (Å²) in [6.07, 6.45) is 6.01. The molecule has 34 heavy (non-hydrogen) atoms. The summed E-state index contributed by atoms with van der Waals surface area (Å²) in [6.45, 7) is 7.48. The van der Waals surface area contributed by atoms with Crippen molar-refractivity contribution < 1.29 is 9.21 Å². The van der Waals surface area contributed by atoms with Gasteiger partial charge in [0.1, 0.15) is 17.2 Å². The number of likely N-dealkylation sites (N-methyl/N-ethyl adjacent to an activating group) is 1. The first kappa shape index (κ1) is 24.3.